The lowest BCUT2D eigenvalue weighted by atomic mass is 9.48. The standard InChI is InChI=1S/C42H30O/c1-2-10-24-23(9-1)35-25-11-3-4-12-26(25)36(24)32-18-22-20-34-33(19-21(22)17-31(32)35)41-39-37-27-13-5-7-15-29(27)38(40(39)42(34)43-41)30-16-8-6-14-28(30)37/h1-20,33-42H. The van der Waals surface area contributed by atoms with Crippen LogP contribution in [-0.2, 0) is 4.74 Å². The Morgan fingerprint density at radius 2 is 0.698 bits per heavy atom. The minimum atomic E-state index is 0.285. The number of ether oxygens (including phenoxy) is 1. The Labute approximate surface area is 251 Å². The van der Waals surface area contributed by atoms with Gasteiger partial charge in [-0.15, -0.1) is 0 Å². The summed E-state index contributed by atoms with van der Waals surface area (Å²) in [6.45, 7) is 0. The van der Waals surface area contributed by atoms with E-state index in [2.05, 4.69) is 121 Å². The molecule has 14 rings (SSSR count). The largest absolute Gasteiger partial charge is 0.373 e. The molecule has 2 fully saturated rings. The van der Waals surface area contributed by atoms with Gasteiger partial charge in [0.25, 0.3) is 0 Å². The molecule has 9 aliphatic rings. The molecule has 0 aromatic heterocycles. The van der Waals surface area contributed by atoms with Gasteiger partial charge in [-0.2, -0.15) is 0 Å². The van der Waals surface area contributed by atoms with Crippen LogP contribution >= 0.6 is 0 Å². The van der Waals surface area contributed by atoms with Gasteiger partial charge in [-0.3, -0.25) is 0 Å². The third-order valence-electron chi connectivity index (χ3n) is 12.7. The highest BCUT2D eigenvalue weighted by Crippen LogP contribution is 2.68. The molecule has 6 atom stereocenters. The van der Waals surface area contributed by atoms with Gasteiger partial charge < -0.3 is 4.74 Å². The first kappa shape index (κ1) is 22.4. The molecule has 7 aliphatic carbocycles. The second-order valence-electron chi connectivity index (χ2n) is 14.2. The van der Waals surface area contributed by atoms with E-state index in [4.69, 9.17) is 4.74 Å². The van der Waals surface area contributed by atoms with Crippen molar-refractivity contribution in [3.05, 3.63) is 175 Å². The van der Waals surface area contributed by atoms with E-state index in [0.717, 1.165) is 0 Å². The van der Waals surface area contributed by atoms with E-state index >= 15 is 0 Å². The fraction of sp³-hybridized carbons (Fsp3) is 0.238. The van der Waals surface area contributed by atoms with Crippen molar-refractivity contribution in [2.75, 3.05) is 0 Å². The van der Waals surface area contributed by atoms with Crippen LogP contribution in [0.1, 0.15) is 79.3 Å². The highest BCUT2D eigenvalue weighted by molar-refractivity contribution is 5.69. The maximum atomic E-state index is 7.16. The summed E-state index contributed by atoms with van der Waals surface area (Å²) < 4.78 is 7.16. The lowest BCUT2D eigenvalue weighted by Crippen LogP contribution is -2.51. The second kappa shape index (κ2) is 7.47. The Bertz CT molecular complexity index is 1960. The maximum absolute atomic E-state index is 7.16. The van der Waals surface area contributed by atoms with Crippen LogP contribution < -0.4 is 10.4 Å². The molecule has 0 N–H and O–H groups in total. The van der Waals surface area contributed by atoms with Crippen LogP contribution in [0.25, 0.3) is 12.2 Å². The average molecular weight is 551 g/mol. The highest BCUT2D eigenvalue weighted by atomic mass is 16.5. The van der Waals surface area contributed by atoms with Gasteiger partial charge in [0, 0.05) is 47.3 Å². The summed E-state index contributed by atoms with van der Waals surface area (Å²) in [5, 5.41) is 2.86. The molecule has 0 spiro atoms. The molecule has 0 saturated carbocycles. The molecular weight excluding hydrogens is 520 g/mol. The van der Waals surface area contributed by atoms with Crippen LogP contribution in [0.2, 0.25) is 0 Å². The zero-order valence-electron chi connectivity index (χ0n) is 23.7. The SMILES string of the molecule is C1=c2cc3c(cc2=CC2C1C1OC2C2C4c5ccccc5C(c5ccccc54)C12)C1c2ccccc2C3c2ccccc21. The van der Waals surface area contributed by atoms with Crippen LogP contribution in [-0.4, -0.2) is 12.2 Å². The zero-order chi connectivity index (χ0) is 27.6. The lowest BCUT2D eigenvalue weighted by Gasteiger charge is -2.53. The fourth-order valence-electron chi connectivity index (χ4n) is 11.4. The molecule has 1 heteroatoms. The topological polar surface area (TPSA) is 9.23 Å². The van der Waals surface area contributed by atoms with Gasteiger partial charge in [-0.1, -0.05) is 121 Å². The molecule has 5 aromatic rings. The fourth-order valence-corrected chi connectivity index (χ4v) is 11.4. The predicted octanol–water partition coefficient (Wildman–Crippen LogP) is 6.79. The Kier molecular flexibility index (Phi) is 3.88. The summed E-state index contributed by atoms with van der Waals surface area (Å²) in [6, 6.07) is 42.1. The van der Waals surface area contributed by atoms with Gasteiger partial charge in [0.05, 0.1) is 12.2 Å². The number of hydrogen-bond acceptors (Lipinski definition) is 1. The summed E-state index contributed by atoms with van der Waals surface area (Å²) in [5.74, 6) is 3.56. The van der Waals surface area contributed by atoms with E-state index in [9.17, 15) is 0 Å². The molecule has 0 amide bonds. The van der Waals surface area contributed by atoms with Gasteiger partial charge in [0.1, 0.15) is 0 Å². The van der Waals surface area contributed by atoms with Crippen LogP contribution in [0.3, 0.4) is 0 Å². The minimum Gasteiger partial charge on any atom is -0.373 e. The Balaban J connectivity index is 1.04. The first-order chi connectivity index (χ1) is 21.3. The minimum absolute atomic E-state index is 0.285. The van der Waals surface area contributed by atoms with Gasteiger partial charge in [-0.05, 0) is 66.1 Å². The number of benzene rings is 5. The van der Waals surface area contributed by atoms with E-state index in [1.807, 2.05) is 0 Å². The molecule has 6 bridgehead atoms. The molecule has 1 nitrogen and oxygen atoms in total. The van der Waals surface area contributed by atoms with Crippen LogP contribution in [0.5, 0.6) is 0 Å². The zero-order valence-corrected chi connectivity index (χ0v) is 23.7. The molecule has 6 unspecified atom stereocenters. The van der Waals surface area contributed by atoms with E-state index in [1.54, 1.807) is 22.3 Å². The molecule has 204 valence electrons. The Morgan fingerprint density at radius 1 is 0.372 bits per heavy atom. The molecule has 2 saturated heterocycles. The smallest absolute Gasteiger partial charge is 0.0690 e. The van der Waals surface area contributed by atoms with Crippen molar-refractivity contribution in [2.45, 2.75) is 35.9 Å². The summed E-state index contributed by atoms with van der Waals surface area (Å²) in [5.41, 5.74) is 15.3. The third-order valence-corrected chi connectivity index (χ3v) is 12.7. The molecule has 2 aliphatic heterocycles. The van der Waals surface area contributed by atoms with Crippen molar-refractivity contribution in [3.63, 3.8) is 0 Å². The number of rotatable bonds is 0. The van der Waals surface area contributed by atoms with Crippen LogP contribution in [0.15, 0.2) is 109 Å². The Hall–Kier alpha value is -4.20. The summed E-state index contributed by atoms with van der Waals surface area (Å²) in [4.78, 5) is 0. The highest BCUT2D eigenvalue weighted by Gasteiger charge is 2.66. The normalized spacial score (nSPS) is 34.8. The number of fused-ring (bicyclic) bond motifs is 6. The lowest BCUT2D eigenvalue weighted by molar-refractivity contribution is 0.0774. The number of hydrogen-bond donors (Lipinski definition) is 0. The van der Waals surface area contributed by atoms with E-state index in [0.29, 0.717) is 47.3 Å². The quantitative estimate of drug-likeness (QED) is 0.202. The first-order valence-corrected chi connectivity index (χ1v) is 16.2. The molecule has 2 heterocycles. The van der Waals surface area contributed by atoms with Crippen molar-refractivity contribution in [2.24, 2.45) is 23.7 Å². The van der Waals surface area contributed by atoms with Crippen LogP contribution in [0.4, 0.5) is 0 Å². The van der Waals surface area contributed by atoms with Crippen molar-refractivity contribution in [3.8, 4) is 0 Å². The molecule has 5 aromatic carbocycles. The van der Waals surface area contributed by atoms with Crippen molar-refractivity contribution < 1.29 is 4.74 Å². The molecule has 0 radical (unpaired) electrons. The van der Waals surface area contributed by atoms with E-state index in [1.165, 1.54) is 43.8 Å². The molecular formula is C42H30O. The van der Waals surface area contributed by atoms with E-state index in [-0.39, 0.29) is 12.2 Å². The van der Waals surface area contributed by atoms with Crippen molar-refractivity contribution >= 4 is 12.2 Å². The molecule has 43 heavy (non-hydrogen) atoms. The van der Waals surface area contributed by atoms with Crippen molar-refractivity contribution in [1.82, 2.24) is 0 Å². The summed E-state index contributed by atoms with van der Waals surface area (Å²) >= 11 is 0. The predicted molar refractivity (Wildman–Crippen MR) is 169 cm³/mol. The first-order valence-electron chi connectivity index (χ1n) is 16.2. The average Bonchev–Trinajstić information content (AvgIpc) is 3.64. The van der Waals surface area contributed by atoms with Crippen LogP contribution in [0, 0.1) is 23.7 Å². The second-order valence-corrected chi connectivity index (χ2v) is 14.2. The van der Waals surface area contributed by atoms with Crippen molar-refractivity contribution in [1.29, 1.82) is 0 Å². The third kappa shape index (κ3) is 2.48. The summed E-state index contributed by atoms with van der Waals surface area (Å²) in [6.07, 6.45) is 5.85. The maximum Gasteiger partial charge on any atom is 0.0690 e. The monoisotopic (exact) mass is 550 g/mol. The Morgan fingerprint density at radius 3 is 1.05 bits per heavy atom. The summed E-state index contributed by atoms with van der Waals surface area (Å²) in [7, 11) is 0. The van der Waals surface area contributed by atoms with Gasteiger partial charge in [0.2, 0.25) is 0 Å². The van der Waals surface area contributed by atoms with Gasteiger partial charge >= 0.3 is 0 Å². The van der Waals surface area contributed by atoms with E-state index < -0.39 is 0 Å². The van der Waals surface area contributed by atoms with Gasteiger partial charge in [-0.25, -0.2) is 0 Å². The van der Waals surface area contributed by atoms with Gasteiger partial charge in [0.15, 0.2) is 0 Å².